The number of methoxy groups -OCH3 is 1. The van der Waals surface area contributed by atoms with Gasteiger partial charge in [0.2, 0.25) is 0 Å². The number of aliphatic carboxylic acids is 1. The van der Waals surface area contributed by atoms with Gasteiger partial charge >= 0.3 is 5.97 Å². The molecule has 0 spiro atoms. The van der Waals surface area contributed by atoms with Crippen molar-refractivity contribution in [1.82, 2.24) is 0 Å². The fraction of sp³-hybridized carbons (Fsp3) is 0.273. The van der Waals surface area contributed by atoms with Crippen LogP contribution in [-0.4, -0.2) is 24.8 Å². The lowest BCUT2D eigenvalue weighted by atomic mass is 9.89. The third-order valence-electron chi connectivity index (χ3n) is 4.20. The fourth-order valence-electron chi connectivity index (χ4n) is 2.75. The Morgan fingerprint density at radius 2 is 1.59 bits per heavy atom. The van der Waals surface area contributed by atoms with E-state index in [1.807, 2.05) is 55.5 Å². The molecule has 5 heteroatoms. The zero-order valence-corrected chi connectivity index (χ0v) is 15.7. The first kappa shape index (κ1) is 20.1. The number of hydrogen-bond acceptors (Lipinski definition) is 4. The molecular weight excluding hydrogens is 342 g/mol. The van der Waals surface area contributed by atoms with E-state index in [4.69, 9.17) is 9.47 Å². The van der Waals surface area contributed by atoms with E-state index in [1.165, 1.54) is 0 Å². The number of allylic oxidation sites excluding steroid dienone is 1. The quantitative estimate of drug-likeness (QED) is 0.695. The van der Waals surface area contributed by atoms with Gasteiger partial charge in [0, 0.05) is 11.1 Å². The predicted molar refractivity (Wildman–Crippen MR) is 104 cm³/mol. The SMILES string of the molecule is CCOc1ccc(/C(=C(/C#N)CC(C)C(=O)O)c2ccc(OC)cc2)cc1. The molecule has 1 atom stereocenters. The standard InChI is InChI=1S/C22H23NO4/c1-4-27-20-11-7-17(8-12-20)21(16-5-9-19(26-3)10-6-16)18(14-23)13-15(2)22(24)25/h5-12,15H,4,13H2,1-3H3,(H,24,25)/b21-18+. The van der Waals surface area contributed by atoms with Crippen molar-refractivity contribution in [2.45, 2.75) is 20.3 Å². The number of ether oxygens (including phenoxy) is 2. The van der Waals surface area contributed by atoms with E-state index in [0.29, 0.717) is 17.9 Å². The molecule has 1 N–H and O–H groups in total. The third kappa shape index (κ3) is 5.11. The van der Waals surface area contributed by atoms with Crippen LogP contribution in [0.1, 0.15) is 31.4 Å². The summed E-state index contributed by atoms with van der Waals surface area (Å²) in [6, 6.07) is 17.0. The molecule has 0 aliphatic carbocycles. The van der Waals surface area contributed by atoms with Crippen LogP contribution in [0.25, 0.3) is 5.57 Å². The predicted octanol–water partition coefficient (Wildman–Crippen LogP) is 4.53. The van der Waals surface area contributed by atoms with Crippen molar-refractivity contribution in [1.29, 1.82) is 5.26 Å². The van der Waals surface area contributed by atoms with Gasteiger partial charge in [0.05, 0.1) is 25.7 Å². The summed E-state index contributed by atoms with van der Waals surface area (Å²) in [6.45, 7) is 4.08. The summed E-state index contributed by atoms with van der Waals surface area (Å²) >= 11 is 0. The van der Waals surface area contributed by atoms with Crippen molar-refractivity contribution in [3.63, 3.8) is 0 Å². The van der Waals surface area contributed by atoms with Gasteiger partial charge in [0.15, 0.2) is 0 Å². The minimum atomic E-state index is -0.927. The Morgan fingerprint density at radius 3 is 2.00 bits per heavy atom. The zero-order chi connectivity index (χ0) is 19.8. The van der Waals surface area contributed by atoms with Crippen LogP contribution >= 0.6 is 0 Å². The van der Waals surface area contributed by atoms with Crippen molar-refractivity contribution in [3.05, 3.63) is 65.2 Å². The first-order chi connectivity index (χ1) is 13.0. The molecule has 2 aromatic carbocycles. The maximum Gasteiger partial charge on any atom is 0.306 e. The molecule has 0 heterocycles. The Labute approximate surface area is 159 Å². The highest BCUT2D eigenvalue weighted by Crippen LogP contribution is 2.32. The van der Waals surface area contributed by atoms with E-state index in [9.17, 15) is 15.2 Å². The van der Waals surface area contributed by atoms with Gasteiger partial charge in [-0.3, -0.25) is 4.79 Å². The zero-order valence-electron chi connectivity index (χ0n) is 15.7. The highest BCUT2D eigenvalue weighted by molar-refractivity contribution is 5.85. The fourth-order valence-corrected chi connectivity index (χ4v) is 2.75. The van der Waals surface area contributed by atoms with Crippen LogP contribution in [0, 0.1) is 17.2 Å². The van der Waals surface area contributed by atoms with Crippen molar-refractivity contribution in [2.75, 3.05) is 13.7 Å². The summed E-state index contributed by atoms with van der Waals surface area (Å²) in [7, 11) is 1.59. The first-order valence-corrected chi connectivity index (χ1v) is 8.73. The minimum absolute atomic E-state index is 0.153. The van der Waals surface area contributed by atoms with Crippen LogP contribution in [0.15, 0.2) is 54.1 Å². The summed E-state index contributed by atoms with van der Waals surface area (Å²) in [5.74, 6) is -0.130. The van der Waals surface area contributed by atoms with Crippen LogP contribution in [0.3, 0.4) is 0 Å². The average Bonchev–Trinajstić information content (AvgIpc) is 2.69. The highest BCUT2D eigenvalue weighted by Gasteiger charge is 2.19. The summed E-state index contributed by atoms with van der Waals surface area (Å²) in [4.78, 5) is 11.3. The number of carbonyl (C=O) groups is 1. The van der Waals surface area contributed by atoms with Crippen molar-refractivity contribution >= 4 is 11.5 Å². The monoisotopic (exact) mass is 365 g/mol. The molecule has 0 bridgehead atoms. The maximum absolute atomic E-state index is 11.3. The Kier molecular flexibility index (Phi) is 7.01. The molecule has 0 aliphatic heterocycles. The Hall–Kier alpha value is -3.26. The molecule has 0 aromatic heterocycles. The van der Waals surface area contributed by atoms with Crippen LogP contribution in [-0.2, 0) is 4.79 Å². The van der Waals surface area contributed by atoms with Gasteiger partial charge in [-0.25, -0.2) is 0 Å². The maximum atomic E-state index is 11.3. The number of rotatable bonds is 8. The van der Waals surface area contributed by atoms with Gasteiger partial charge in [0.25, 0.3) is 0 Å². The van der Waals surface area contributed by atoms with Gasteiger partial charge < -0.3 is 14.6 Å². The molecule has 140 valence electrons. The van der Waals surface area contributed by atoms with Crippen molar-refractivity contribution in [2.24, 2.45) is 5.92 Å². The number of nitriles is 1. The van der Waals surface area contributed by atoms with Gasteiger partial charge in [-0.15, -0.1) is 0 Å². The lowest BCUT2D eigenvalue weighted by molar-refractivity contribution is -0.141. The van der Waals surface area contributed by atoms with Gasteiger partial charge in [-0.05, 0) is 48.7 Å². The topological polar surface area (TPSA) is 79.5 Å². The molecule has 0 radical (unpaired) electrons. The molecule has 2 aromatic rings. The van der Waals surface area contributed by atoms with Crippen molar-refractivity contribution < 1.29 is 19.4 Å². The summed E-state index contributed by atoms with van der Waals surface area (Å²) in [6.07, 6.45) is 0.153. The Morgan fingerprint density at radius 1 is 1.07 bits per heavy atom. The molecule has 0 saturated heterocycles. The van der Waals surface area contributed by atoms with E-state index in [0.717, 1.165) is 22.4 Å². The van der Waals surface area contributed by atoms with Gasteiger partial charge in [-0.2, -0.15) is 5.26 Å². The van der Waals surface area contributed by atoms with Crippen LogP contribution in [0.2, 0.25) is 0 Å². The van der Waals surface area contributed by atoms with E-state index in [2.05, 4.69) is 6.07 Å². The number of hydrogen-bond donors (Lipinski definition) is 1. The normalized spacial score (nSPS) is 12.5. The molecular formula is C22H23NO4. The largest absolute Gasteiger partial charge is 0.497 e. The first-order valence-electron chi connectivity index (χ1n) is 8.73. The third-order valence-corrected chi connectivity index (χ3v) is 4.20. The van der Waals surface area contributed by atoms with E-state index in [-0.39, 0.29) is 6.42 Å². The molecule has 27 heavy (non-hydrogen) atoms. The highest BCUT2D eigenvalue weighted by atomic mass is 16.5. The summed E-state index contributed by atoms with van der Waals surface area (Å²) < 4.78 is 10.7. The minimum Gasteiger partial charge on any atom is -0.497 e. The number of carboxylic acids is 1. The van der Waals surface area contributed by atoms with E-state index in [1.54, 1.807) is 14.0 Å². The van der Waals surface area contributed by atoms with Gasteiger partial charge in [0.1, 0.15) is 11.5 Å². The molecule has 0 amide bonds. The number of benzene rings is 2. The lowest BCUT2D eigenvalue weighted by Gasteiger charge is -2.15. The second kappa shape index (κ2) is 9.44. The Balaban J connectivity index is 2.57. The lowest BCUT2D eigenvalue weighted by Crippen LogP contribution is -2.11. The Bertz CT molecular complexity index is 845. The number of carboxylic acid groups (broad SMARTS) is 1. The second-order valence-corrected chi connectivity index (χ2v) is 6.09. The molecule has 0 fully saturated rings. The van der Waals surface area contributed by atoms with Crippen LogP contribution in [0.5, 0.6) is 11.5 Å². The van der Waals surface area contributed by atoms with E-state index < -0.39 is 11.9 Å². The molecule has 5 nitrogen and oxygen atoms in total. The summed E-state index contributed by atoms with van der Waals surface area (Å²) in [5.41, 5.74) is 2.81. The molecule has 0 aliphatic rings. The molecule has 2 rings (SSSR count). The number of nitrogens with zero attached hydrogens (tertiary/aromatic N) is 1. The van der Waals surface area contributed by atoms with E-state index >= 15 is 0 Å². The van der Waals surface area contributed by atoms with Crippen LogP contribution < -0.4 is 9.47 Å². The summed E-state index contributed by atoms with van der Waals surface area (Å²) in [5, 5.41) is 19.0. The molecule has 0 saturated carbocycles. The van der Waals surface area contributed by atoms with Crippen molar-refractivity contribution in [3.8, 4) is 17.6 Å². The van der Waals surface area contributed by atoms with Crippen LogP contribution in [0.4, 0.5) is 0 Å². The smallest absolute Gasteiger partial charge is 0.306 e. The second-order valence-electron chi connectivity index (χ2n) is 6.09. The van der Waals surface area contributed by atoms with Gasteiger partial charge in [-0.1, -0.05) is 31.2 Å². The molecule has 1 unspecified atom stereocenters. The average molecular weight is 365 g/mol.